The first-order valence-electron chi connectivity index (χ1n) is 8.06. The molecule has 0 radical (unpaired) electrons. The molecule has 6 heteroatoms. The third kappa shape index (κ3) is 6.72. The number of ether oxygens (including phenoxy) is 1. The van der Waals surface area contributed by atoms with E-state index in [1.54, 1.807) is 24.3 Å². The number of nitrogens with zero attached hydrogens (tertiary/aromatic N) is 1. The molecule has 0 fully saturated rings. The minimum absolute atomic E-state index is 0.0734. The van der Waals surface area contributed by atoms with E-state index < -0.39 is 0 Å². The molecule has 1 amide bonds. The predicted octanol–water partition coefficient (Wildman–Crippen LogP) is 3.67. The molecule has 2 rings (SSSR count). The van der Waals surface area contributed by atoms with Crippen LogP contribution in [-0.2, 0) is 4.79 Å². The molecule has 0 heterocycles. The van der Waals surface area contributed by atoms with Gasteiger partial charge in [0.2, 0.25) is 5.91 Å². The maximum atomic E-state index is 13.1. The number of hydrogen-bond donors (Lipinski definition) is 1. The molecule has 0 aliphatic rings. The Kier molecular flexibility index (Phi) is 7.22. The number of rotatable bonds is 8. The van der Waals surface area contributed by atoms with E-state index in [0.29, 0.717) is 23.9 Å². The number of nitrogens with one attached hydrogen (secondary N) is 1. The quantitative estimate of drug-likeness (QED) is 0.777. The van der Waals surface area contributed by atoms with E-state index in [1.165, 1.54) is 12.1 Å². The molecule has 1 N–H and O–H groups in total. The van der Waals surface area contributed by atoms with Crippen molar-refractivity contribution in [1.82, 2.24) is 10.2 Å². The molecule has 25 heavy (non-hydrogen) atoms. The summed E-state index contributed by atoms with van der Waals surface area (Å²) in [6.07, 6.45) is 0. The van der Waals surface area contributed by atoms with Gasteiger partial charge in [0, 0.05) is 17.6 Å². The monoisotopic (exact) mass is 364 g/mol. The van der Waals surface area contributed by atoms with Crippen molar-refractivity contribution < 1.29 is 13.9 Å². The van der Waals surface area contributed by atoms with Crippen molar-refractivity contribution >= 4 is 17.5 Å². The highest BCUT2D eigenvalue weighted by Gasteiger charge is 2.11. The topological polar surface area (TPSA) is 41.6 Å². The third-order valence-corrected chi connectivity index (χ3v) is 3.95. The minimum atomic E-state index is -0.332. The standard InChI is InChI=1S/C19H22ClFN2O2/c1-14(15-6-8-16(20)9-7-15)22-19(24)13-23(2)10-11-25-18-5-3-4-17(21)12-18/h3-9,12,14H,10-11,13H2,1-2H3,(H,22,24). The lowest BCUT2D eigenvalue weighted by Gasteiger charge is -2.19. The summed E-state index contributed by atoms with van der Waals surface area (Å²) in [7, 11) is 1.83. The fraction of sp³-hybridized carbons (Fsp3) is 0.316. The summed E-state index contributed by atoms with van der Waals surface area (Å²) in [4.78, 5) is 14.0. The number of benzene rings is 2. The maximum absolute atomic E-state index is 13.1. The highest BCUT2D eigenvalue weighted by molar-refractivity contribution is 6.30. The zero-order chi connectivity index (χ0) is 18.2. The Balaban J connectivity index is 1.71. The number of likely N-dealkylation sites (N-methyl/N-ethyl adjacent to an activating group) is 1. The van der Waals surface area contributed by atoms with Gasteiger partial charge in [0.05, 0.1) is 12.6 Å². The van der Waals surface area contributed by atoms with Crippen molar-refractivity contribution in [3.8, 4) is 5.75 Å². The molecule has 2 aromatic carbocycles. The molecule has 1 unspecified atom stereocenters. The fourth-order valence-electron chi connectivity index (χ4n) is 2.32. The number of hydrogen-bond acceptors (Lipinski definition) is 3. The fourth-order valence-corrected chi connectivity index (χ4v) is 2.45. The first kappa shape index (κ1) is 19.2. The van der Waals surface area contributed by atoms with Crippen LogP contribution in [-0.4, -0.2) is 37.6 Å². The van der Waals surface area contributed by atoms with E-state index in [9.17, 15) is 9.18 Å². The smallest absolute Gasteiger partial charge is 0.234 e. The average Bonchev–Trinajstić information content (AvgIpc) is 2.55. The Labute approximate surface area is 152 Å². The molecule has 0 aromatic heterocycles. The van der Waals surface area contributed by atoms with Gasteiger partial charge in [-0.15, -0.1) is 0 Å². The second-order valence-electron chi connectivity index (χ2n) is 5.88. The van der Waals surface area contributed by atoms with Crippen molar-refractivity contribution in [3.63, 3.8) is 0 Å². The van der Waals surface area contributed by atoms with E-state index in [0.717, 1.165) is 5.56 Å². The van der Waals surface area contributed by atoms with Crippen LogP contribution in [0.5, 0.6) is 5.75 Å². The molecule has 0 saturated heterocycles. The molecule has 2 aromatic rings. The van der Waals surface area contributed by atoms with Gasteiger partial charge in [-0.1, -0.05) is 29.8 Å². The highest BCUT2D eigenvalue weighted by atomic mass is 35.5. The van der Waals surface area contributed by atoms with Crippen LogP contribution in [0.3, 0.4) is 0 Å². The third-order valence-electron chi connectivity index (χ3n) is 3.70. The van der Waals surface area contributed by atoms with E-state index in [1.807, 2.05) is 31.0 Å². The molecule has 0 bridgehead atoms. The van der Waals surface area contributed by atoms with Crippen molar-refractivity contribution in [2.75, 3.05) is 26.7 Å². The van der Waals surface area contributed by atoms with Crippen molar-refractivity contribution in [3.05, 3.63) is 64.9 Å². The Morgan fingerprint density at radius 2 is 2.00 bits per heavy atom. The largest absolute Gasteiger partial charge is 0.492 e. The second-order valence-corrected chi connectivity index (χ2v) is 6.32. The average molecular weight is 365 g/mol. The van der Waals surface area contributed by atoms with E-state index >= 15 is 0 Å². The maximum Gasteiger partial charge on any atom is 0.234 e. The number of amides is 1. The molecule has 0 aliphatic heterocycles. The van der Waals surface area contributed by atoms with E-state index in [4.69, 9.17) is 16.3 Å². The minimum Gasteiger partial charge on any atom is -0.492 e. The zero-order valence-corrected chi connectivity index (χ0v) is 15.1. The summed E-state index contributed by atoms with van der Waals surface area (Å²) < 4.78 is 18.5. The zero-order valence-electron chi connectivity index (χ0n) is 14.3. The number of carbonyl (C=O) groups excluding carboxylic acids is 1. The summed E-state index contributed by atoms with van der Waals surface area (Å²) in [6, 6.07) is 13.3. The van der Waals surface area contributed by atoms with Crippen LogP contribution in [0, 0.1) is 5.82 Å². The van der Waals surface area contributed by atoms with Crippen LogP contribution in [0.25, 0.3) is 0 Å². The summed E-state index contributed by atoms with van der Waals surface area (Å²) in [5.74, 6) is 0.0753. The van der Waals surface area contributed by atoms with Gasteiger partial charge in [-0.3, -0.25) is 9.69 Å². The van der Waals surface area contributed by atoms with Crippen LogP contribution >= 0.6 is 11.6 Å². The summed E-state index contributed by atoms with van der Waals surface area (Å²) >= 11 is 5.87. The van der Waals surface area contributed by atoms with Crippen LogP contribution in [0.15, 0.2) is 48.5 Å². The Morgan fingerprint density at radius 3 is 2.68 bits per heavy atom. The molecule has 4 nitrogen and oxygen atoms in total. The molecule has 0 spiro atoms. The number of halogens is 2. The SMILES string of the molecule is CC(NC(=O)CN(C)CCOc1cccc(F)c1)c1ccc(Cl)cc1. The first-order valence-corrected chi connectivity index (χ1v) is 8.43. The number of carbonyl (C=O) groups is 1. The van der Waals surface area contributed by atoms with Crippen LogP contribution in [0.4, 0.5) is 4.39 Å². The van der Waals surface area contributed by atoms with Crippen LogP contribution in [0.2, 0.25) is 5.02 Å². The summed E-state index contributed by atoms with van der Waals surface area (Å²) in [5.41, 5.74) is 0.995. The van der Waals surface area contributed by atoms with Crippen molar-refractivity contribution in [2.45, 2.75) is 13.0 Å². The lowest BCUT2D eigenvalue weighted by atomic mass is 10.1. The molecular formula is C19H22ClFN2O2. The first-order chi connectivity index (χ1) is 11.9. The van der Waals surface area contributed by atoms with Crippen LogP contribution in [0.1, 0.15) is 18.5 Å². The van der Waals surface area contributed by atoms with Gasteiger partial charge in [0.15, 0.2) is 0 Å². The van der Waals surface area contributed by atoms with Crippen molar-refractivity contribution in [2.24, 2.45) is 0 Å². The van der Waals surface area contributed by atoms with Crippen LogP contribution < -0.4 is 10.1 Å². The molecule has 134 valence electrons. The van der Waals surface area contributed by atoms with Gasteiger partial charge < -0.3 is 10.1 Å². The van der Waals surface area contributed by atoms with Gasteiger partial charge in [-0.2, -0.15) is 0 Å². The molecular weight excluding hydrogens is 343 g/mol. The van der Waals surface area contributed by atoms with Gasteiger partial charge in [-0.05, 0) is 43.8 Å². The Bertz CT molecular complexity index is 694. The lowest BCUT2D eigenvalue weighted by molar-refractivity contribution is -0.122. The highest BCUT2D eigenvalue weighted by Crippen LogP contribution is 2.16. The summed E-state index contributed by atoms with van der Waals surface area (Å²) in [6.45, 7) is 3.11. The van der Waals surface area contributed by atoms with Gasteiger partial charge in [-0.25, -0.2) is 4.39 Å². The van der Waals surface area contributed by atoms with Gasteiger partial charge >= 0.3 is 0 Å². The van der Waals surface area contributed by atoms with E-state index in [-0.39, 0.29) is 24.3 Å². The predicted molar refractivity (Wildman–Crippen MR) is 97.4 cm³/mol. The Morgan fingerprint density at radius 1 is 1.28 bits per heavy atom. The van der Waals surface area contributed by atoms with Crippen molar-refractivity contribution in [1.29, 1.82) is 0 Å². The second kappa shape index (κ2) is 9.39. The molecule has 0 saturated carbocycles. The van der Waals surface area contributed by atoms with Gasteiger partial charge in [0.1, 0.15) is 18.2 Å². The molecule has 0 aliphatic carbocycles. The Hall–Kier alpha value is -2.11. The van der Waals surface area contributed by atoms with Gasteiger partial charge in [0.25, 0.3) is 0 Å². The normalized spacial score (nSPS) is 12.0. The molecule has 1 atom stereocenters. The van der Waals surface area contributed by atoms with E-state index in [2.05, 4.69) is 5.32 Å². The lowest BCUT2D eigenvalue weighted by Crippen LogP contribution is -2.38. The summed E-state index contributed by atoms with van der Waals surface area (Å²) in [5, 5.41) is 3.61.